The molecule has 2 nitrogen and oxygen atoms in total. The molecule has 0 aliphatic heterocycles. The molecule has 0 spiro atoms. The fraction of sp³-hybridized carbons (Fsp3) is 0.333. The molecule has 0 unspecified atom stereocenters. The lowest BCUT2D eigenvalue weighted by Crippen LogP contribution is -2.07. The van der Waals surface area contributed by atoms with Crippen LogP contribution in [0.1, 0.15) is 0 Å². The minimum absolute atomic E-state index is 0.611. The molecule has 1 aromatic rings. The van der Waals surface area contributed by atoms with Crippen molar-refractivity contribution < 1.29 is 9.47 Å². The van der Waals surface area contributed by atoms with Gasteiger partial charge in [0, 0.05) is 7.11 Å². The van der Waals surface area contributed by atoms with Gasteiger partial charge in [-0.25, -0.2) is 0 Å². The van der Waals surface area contributed by atoms with E-state index in [0.29, 0.717) is 13.2 Å². The Bertz CT molecular complexity index is 238. The summed E-state index contributed by atoms with van der Waals surface area (Å²) < 4.78 is 10.3. The lowest BCUT2D eigenvalue weighted by atomic mass is 9.96. The van der Waals surface area contributed by atoms with Crippen molar-refractivity contribution in [2.75, 3.05) is 20.3 Å². The van der Waals surface area contributed by atoms with E-state index < -0.39 is 0 Å². The quantitative estimate of drug-likeness (QED) is 0.459. The fourth-order valence-electron chi connectivity index (χ4n) is 0.948. The highest BCUT2D eigenvalue weighted by atomic mass is 16.5. The highest BCUT2D eigenvalue weighted by molar-refractivity contribution is 6.32. The van der Waals surface area contributed by atoms with Crippen LogP contribution in [0, 0.1) is 0 Å². The van der Waals surface area contributed by atoms with E-state index in [1.165, 1.54) is 5.46 Å². The zero-order valence-electron chi connectivity index (χ0n) is 7.54. The Balaban J connectivity index is 2.41. The van der Waals surface area contributed by atoms with Crippen molar-refractivity contribution in [3.63, 3.8) is 0 Å². The second-order valence-electron chi connectivity index (χ2n) is 2.66. The molecule has 3 heteroatoms. The number of hydrogen-bond donors (Lipinski definition) is 0. The first-order chi connectivity index (χ1) is 5.83. The van der Waals surface area contributed by atoms with Gasteiger partial charge in [-0.15, -0.1) is 0 Å². The van der Waals surface area contributed by atoms with Crippen molar-refractivity contribution in [1.82, 2.24) is 0 Å². The summed E-state index contributed by atoms with van der Waals surface area (Å²) >= 11 is 0. The van der Waals surface area contributed by atoms with Crippen LogP contribution in [0.5, 0.6) is 5.75 Å². The normalized spacial score (nSPS) is 9.75. The third kappa shape index (κ3) is 2.97. The molecular formula is C9H13BO2. The largest absolute Gasteiger partial charge is 0.491 e. The number of benzene rings is 1. The molecule has 0 heterocycles. The minimum atomic E-state index is 0.611. The summed E-state index contributed by atoms with van der Waals surface area (Å²) in [5.41, 5.74) is 1.21. The minimum Gasteiger partial charge on any atom is -0.491 e. The summed E-state index contributed by atoms with van der Waals surface area (Å²) in [5.74, 6) is 0.909. The van der Waals surface area contributed by atoms with Crippen LogP contribution in [0.2, 0.25) is 0 Å². The van der Waals surface area contributed by atoms with Gasteiger partial charge in [0.05, 0.1) is 6.61 Å². The van der Waals surface area contributed by atoms with Gasteiger partial charge in [-0.3, -0.25) is 0 Å². The Kier molecular flexibility index (Phi) is 3.68. The van der Waals surface area contributed by atoms with E-state index in [4.69, 9.17) is 9.47 Å². The average molecular weight is 164 g/mol. The molecule has 0 bridgehead atoms. The second kappa shape index (κ2) is 4.83. The summed E-state index contributed by atoms with van der Waals surface area (Å²) in [5, 5.41) is 0. The Labute approximate surface area is 73.9 Å². The van der Waals surface area contributed by atoms with Gasteiger partial charge < -0.3 is 9.47 Å². The average Bonchev–Trinajstić information content (AvgIpc) is 2.05. The molecule has 0 fully saturated rings. The third-order valence-electron chi connectivity index (χ3n) is 1.55. The van der Waals surface area contributed by atoms with E-state index in [1.807, 2.05) is 32.1 Å². The van der Waals surface area contributed by atoms with Crippen LogP contribution in [-0.2, 0) is 4.74 Å². The molecule has 0 saturated carbocycles. The van der Waals surface area contributed by atoms with Gasteiger partial charge in [0.1, 0.15) is 20.2 Å². The standard InChI is InChI=1S/C9H13BO2/c1-11-5-6-12-9-4-2-3-8(10)7-9/h2-4,7H,5-6,10H2,1H3. The zero-order chi connectivity index (χ0) is 8.81. The topological polar surface area (TPSA) is 18.5 Å². The first-order valence-corrected chi connectivity index (χ1v) is 4.01. The number of ether oxygens (including phenoxy) is 2. The van der Waals surface area contributed by atoms with Crippen LogP contribution in [0.25, 0.3) is 0 Å². The van der Waals surface area contributed by atoms with Crippen molar-refractivity contribution in [2.45, 2.75) is 0 Å². The number of methoxy groups -OCH3 is 1. The van der Waals surface area contributed by atoms with Crippen molar-refractivity contribution in [3.05, 3.63) is 24.3 Å². The first kappa shape index (κ1) is 9.14. The molecule has 0 aliphatic carbocycles. The van der Waals surface area contributed by atoms with Crippen molar-refractivity contribution >= 4 is 13.3 Å². The molecule has 1 rings (SSSR count). The third-order valence-corrected chi connectivity index (χ3v) is 1.55. The van der Waals surface area contributed by atoms with E-state index in [9.17, 15) is 0 Å². The van der Waals surface area contributed by atoms with Crippen LogP contribution < -0.4 is 10.2 Å². The maximum Gasteiger partial charge on any atom is 0.139 e. The van der Waals surface area contributed by atoms with Crippen molar-refractivity contribution in [1.29, 1.82) is 0 Å². The molecule has 0 aromatic heterocycles. The van der Waals surface area contributed by atoms with Crippen LogP contribution in [0.15, 0.2) is 24.3 Å². The molecule has 0 N–H and O–H groups in total. The molecule has 0 radical (unpaired) electrons. The molecule has 12 heavy (non-hydrogen) atoms. The molecule has 0 amide bonds. The Morgan fingerprint density at radius 3 is 2.83 bits per heavy atom. The predicted molar refractivity (Wildman–Crippen MR) is 52.0 cm³/mol. The molecule has 0 aliphatic rings. The van der Waals surface area contributed by atoms with Crippen molar-refractivity contribution in [2.24, 2.45) is 0 Å². The lowest BCUT2D eigenvalue weighted by Gasteiger charge is -2.05. The Morgan fingerprint density at radius 2 is 2.17 bits per heavy atom. The van der Waals surface area contributed by atoms with Gasteiger partial charge in [0.25, 0.3) is 0 Å². The van der Waals surface area contributed by atoms with E-state index in [2.05, 4.69) is 0 Å². The predicted octanol–water partition coefficient (Wildman–Crippen LogP) is -0.0298. The second-order valence-corrected chi connectivity index (χ2v) is 2.66. The highest BCUT2D eigenvalue weighted by Gasteiger charge is 1.91. The van der Waals surface area contributed by atoms with E-state index >= 15 is 0 Å². The van der Waals surface area contributed by atoms with Gasteiger partial charge in [-0.1, -0.05) is 17.6 Å². The van der Waals surface area contributed by atoms with Crippen LogP contribution >= 0.6 is 0 Å². The maximum atomic E-state index is 5.40. The van der Waals surface area contributed by atoms with Crippen LogP contribution in [-0.4, -0.2) is 28.2 Å². The van der Waals surface area contributed by atoms with Gasteiger partial charge in [-0.05, 0) is 12.1 Å². The number of hydrogen-bond acceptors (Lipinski definition) is 2. The van der Waals surface area contributed by atoms with Gasteiger partial charge in [0.15, 0.2) is 0 Å². The molecule has 1 aromatic carbocycles. The molecule has 64 valence electrons. The van der Waals surface area contributed by atoms with Crippen LogP contribution in [0.3, 0.4) is 0 Å². The SMILES string of the molecule is Bc1cccc(OCCOC)c1. The van der Waals surface area contributed by atoms with Gasteiger partial charge in [0.2, 0.25) is 0 Å². The lowest BCUT2D eigenvalue weighted by molar-refractivity contribution is 0.146. The number of rotatable bonds is 4. The van der Waals surface area contributed by atoms with E-state index in [1.54, 1.807) is 7.11 Å². The monoisotopic (exact) mass is 164 g/mol. The van der Waals surface area contributed by atoms with E-state index in [0.717, 1.165) is 5.75 Å². The summed E-state index contributed by atoms with van der Waals surface area (Å²) in [6, 6.07) is 7.99. The molecule has 0 atom stereocenters. The van der Waals surface area contributed by atoms with Gasteiger partial charge in [-0.2, -0.15) is 0 Å². The Morgan fingerprint density at radius 1 is 1.33 bits per heavy atom. The van der Waals surface area contributed by atoms with Crippen molar-refractivity contribution in [3.8, 4) is 5.75 Å². The summed E-state index contributed by atoms with van der Waals surface area (Å²) in [6.07, 6.45) is 0. The highest BCUT2D eigenvalue weighted by Crippen LogP contribution is 2.05. The summed E-state index contributed by atoms with van der Waals surface area (Å²) in [7, 11) is 3.71. The van der Waals surface area contributed by atoms with E-state index in [-0.39, 0.29) is 0 Å². The Hall–Kier alpha value is -0.955. The zero-order valence-corrected chi connectivity index (χ0v) is 7.54. The van der Waals surface area contributed by atoms with Crippen LogP contribution in [0.4, 0.5) is 0 Å². The molecular weight excluding hydrogens is 151 g/mol. The maximum absolute atomic E-state index is 5.40. The molecule has 0 saturated heterocycles. The van der Waals surface area contributed by atoms with Gasteiger partial charge >= 0.3 is 0 Å². The smallest absolute Gasteiger partial charge is 0.139 e. The first-order valence-electron chi connectivity index (χ1n) is 4.01. The summed E-state index contributed by atoms with van der Waals surface area (Å²) in [6.45, 7) is 1.24. The fourth-order valence-corrected chi connectivity index (χ4v) is 0.948. The summed E-state index contributed by atoms with van der Waals surface area (Å²) in [4.78, 5) is 0.